The minimum Gasteiger partial charge on any atom is -0.461 e. The van der Waals surface area contributed by atoms with Crippen molar-refractivity contribution in [3.05, 3.63) is 0 Å². The molecule has 0 radical (unpaired) electrons. The zero-order chi connectivity index (χ0) is 13.7. The molecule has 2 heterocycles. The van der Waals surface area contributed by atoms with Gasteiger partial charge in [-0.25, -0.2) is 5.84 Å². The molecular weight excluding hydrogens is 264 g/mol. The van der Waals surface area contributed by atoms with Gasteiger partial charge in [0, 0.05) is 6.04 Å². The third kappa shape index (κ3) is 4.39. The van der Waals surface area contributed by atoms with Gasteiger partial charge in [0.2, 0.25) is 11.9 Å². The standard InChI is InChI=1S/C11H20N6OS/c1-7(2)18-11-15-9(14-10(16-11)17-12)13-8-3-5-19-6-4-8/h7-8H,3-6,12H2,1-2H3,(H2,13,14,15,16,17). The molecule has 1 fully saturated rings. The summed E-state index contributed by atoms with van der Waals surface area (Å²) >= 11 is 1.98. The number of thioether (sulfide) groups is 1. The predicted octanol–water partition coefficient (Wildman–Crippen LogP) is 1.25. The summed E-state index contributed by atoms with van der Waals surface area (Å²) in [6, 6.07) is 0.687. The number of hydrogen-bond donors (Lipinski definition) is 3. The van der Waals surface area contributed by atoms with E-state index < -0.39 is 0 Å². The van der Waals surface area contributed by atoms with Gasteiger partial charge >= 0.3 is 6.01 Å². The highest BCUT2D eigenvalue weighted by molar-refractivity contribution is 7.99. The van der Waals surface area contributed by atoms with Crippen LogP contribution in [0.15, 0.2) is 0 Å². The highest BCUT2D eigenvalue weighted by atomic mass is 32.2. The number of nitrogens with zero attached hydrogens (tertiary/aromatic N) is 3. The first kappa shape index (κ1) is 14.1. The molecule has 8 heteroatoms. The molecule has 1 aliphatic heterocycles. The van der Waals surface area contributed by atoms with Crippen molar-refractivity contribution < 1.29 is 4.74 Å². The minimum atomic E-state index is 0.00644. The van der Waals surface area contributed by atoms with Crippen molar-refractivity contribution >= 4 is 23.7 Å². The molecule has 2 rings (SSSR count). The second-order valence-corrected chi connectivity index (χ2v) is 5.83. The van der Waals surface area contributed by atoms with Crippen molar-refractivity contribution in [2.45, 2.75) is 38.8 Å². The topological polar surface area (TPSA) is 98.0 Å². The molecule has 4 N–H and O–H groups in total. The molecule has 0 aromatic carbocycles. The lowest BCUT2D eigenvalue weighted by Gasteiger charge is -2.22. The Bertz CT molecular complexity index is 410. The van der Waals surface area contributed by atoms with E-state index in [9.17, 15) is 0 Å². The Morgan fingerprint density at radius 3 is 2.53 bits per heavy atom. The van der Waals surface area contributed by atoms with Crippen LogP contribution in [0.5, 0.6) is 6.01 Å². The Morgan fingerprint density at radius 1 is 1.21 bits per heavy atom. The molecule has 1 aliphatic rings. The molecule has 1 aromatic heterocycles. The fourth-order valence-electron chi connectivity index (χ4n) is 1.77. The third-order valence-electron chi connectivity index (χ3n) is 2.64. The summed E-state index contributed by atoms with van der Waals surface area (Å²) in [6.45, 7) is 3.84. The van der Waals surface area contributed by atoms with E-state index in [0.717, 1.165) is 12.8 Å². The van der Waals surface area contributed by atoms with E-state index in [2.05, 4.69) is 25.7 Å². The summed E-state index contributed by atoms with van der Waals surface area (Å²) in [7, 11) is 0. The van der Waals surface area contributed by atoms with Gasteiger partial charge < -0.3 is 10.1 Å². The summed E-state index contributed by atoms with van der Waals surface area (Å²) in [5.74, 6) is 8.51. The number of nitrogens with two attached hydrogens (primary N) is 1. The van der Waals surface area contributed by atoms with Crippen LogP contribution < -0.4 is 21.3 Å². The second-order valence-electron chi connectivity index (χ2n) is 4.61. The molecule has 0 atom stereocenters. The fourth-order valence-corrected chi connectivity index (χ4v) is 2.88. The van der Waals surface area contributed by atoms with Gasteiger partial charge in [-0.1, -0.05) is 0 Å². The van der Waals surface area contributed by atoms with Gasteiger partial charge in [-0.2, -0.15) is 26.7 Å². The number of aromatic nitrogens is 3. The summed E-state index contributed by atoms with van der Waals surface area (Å²) in [5, 5.41) is 3.32. The van der Waals surface area contributed by atoms with Gasteiger partial charge in [0.1, 0.15) is 0 Å². The monoisotopic (exact) mass is 284 g/mol. The maximum atomic E-state index is 5.48. The van der Waals surface area contributed by atoms with Crippen LogP contribution in [0.3, 0.4) is 0 Å². The Hall–Kier alpha value is -1.28. The smallest absolute Gasteiger partial charge is 0.323 e. The highest BCUT2D eigenvalue weighted by Crippen LogP contribution is 2.20. The van der Waals surface area contributed by atoms with Crippen LogP contribution in [-0.2, 0) is 0 Å². The molecule has 0 unspecified atom stereocenters. The Labute approximate surface area is 117 Å². The van der Waals surface area contributed by atoms with E-state index >= 15 is 0 Å². The van der Waals surface area contributed by atoms with E-state index in [1.807, 2.05) is 25.6 Å². The first-order valence-electron chi connectivity index (χ1n) is 6.41. The number of hydrazine groups is 1. The lowest BCUT2D eigenvalue weighted by molar-refractivity contribution is 0.222. The fraction of sp³-hybridized carbons (Fsp3) is 0.727. The molecule has 0 amide bonds. The average Bonchev–Trinajstić information content (AvgIpc) is 2.38. The van der Waals surface area contributed by atoms with Crippen LogP contribution >= 0.6 is 11.8 Å². The summed E-state index contributed by atoms with van der Waals surface area (Å²) in [6.07, 6.45) is 2.23. The largest absolute Gasteiger partial charge is 0.461 e. The van der Waals surface area contributed by atoms with E-state index in [4.69, 9.17) is 10.6 Å². The van der Waals surface area contributed by atoms with Crippen molar-refractivity contribution in [3.63, 3.8) is 0 Å². The number of rotatable bonds is 5. The van der Waals surface area contributed by atoms with Gasteiger partial charge in [-0.05, 0) is 38.2 Å². The predicted molar refractivity (Wildman–Crippen MR) is 77.4 cm³/mol. The highest BCUT2D eigenvalue weighted by Gasteiger charge is 2.16. The van der Waals surface area contributed by atoms with Crippen molar-refractivity contribution in [2.75, 3.05) is 22.2 Å². The molecule has 106 valence electrons. The van der Waals surface area contributed by atoms with E-state index in [-0.39, 0.29) is 12.1 Å². The molecule has 0 aliphatic carbocycles. The molecular formula is C11H20N6OS. The first-order valence-corrected chi connectivity index (χ1v) is 7.56. The van der Waals surface area contributed by atoms with Crippen LogP contribution in [0, 0.1) is 0 Å². The number of nitrogen functional groups attached to an aromatic ring is 1. The molecule has 19 heavy (non-hydrogen) atoms. The van der Waals surface area contributed by atoms with E-state index in [1.54, 1.807) is 0 Å². The number of anilines is 2. The van der Waals surface area contributed by atoms with Gasteiger partial charge in [-0.15, -0.1) is 0 Å². The van der Waals surface area contributed by atoms with Crippen LogP contribution in [0.2, 0.25) is 0 Å². The zero-order valence-corrected chi connectivity index (χ0v) is 12.0. The number of hydrogen-bond acceptors (Lipinski definition) is 8. The molecule has 0 bridgehead atoms. The normalized spacial score (nSPS) is 16.4. The number of nitrogens with one attached hydrogen (secondary N) is 2. The Balaban J connectivity index is 2.09. The Morgan fingerprint density at radius 2 is 1.89 bits per heavy atom. The van der Waals surface area contributed by atoms with Crippen LogP contribution in [-0.4, -0.2) is 38.6 Å². The van der Waals surface area contributed by atoms with E-state index in [1.165, 1.54) is 11.5 Å². The van der Waals surface area contributed by atoms with Crippen molar-refractivity contribution in [2.24, 2.45) is 5.84 Å². The molecule has 7 nitrogen and oxygen atoms in total. The SMILES string of the molecule is CC(C)Oc1nc(NN)nc(NC2CCSCC2)n1. The summed E-state index contributed by atoms with van der Waals surface area (Å²) in [5.41, 5.74) is 2.43. The lowest BCUT2D eigenvalue weighted by Crippen LogP contribution is -2.26. The number of ether oxygens (including phenoxy) is 1. The molecule has 1 aromatic rings. The maximum absolute atomic E-state index is 5.48. The zero-order valence-electron chi connectivity index (χ0n) is 11.2. The van der Waals surface area contributed by atoms with Gasteiger partial charge in [-0.3, -0.25) is 5.43 Å². The summed E-state index contributed by atoms with van der Waals surface area (Å²) < 4.78 is 5.48. The minimum absolute atomic E-state index is 0.00644. The first-order chi connectivity index (χ1) is 9.17. The van der Waals surface area contributed by atoms with Crippen LogP contribution in [0.4, 0.5) is 11.9 Å². The van der Waals surface area contributed by atoms with Crippen LogP contribution in [0.25, 0.3) is 0 Å². The van der Waals surface area contributed by atoms with Crippen molar-refractivity contribution in [1.82, 2.24) is 15.0 Å². The maximum Gasteiger partial charge on any atom is 0.323 e. The van der Waals surface area contributed by atoms with Gasteiger partial charge in [0.25, 0.3) is 0 Å². The van der Waals surface area contributed by atoms with Crippen molar-refractivity contribution in [3.8, 4) is 6.01 Å². The quantitative estimate of drug-likeness (QED) is 0.549. The Kier molecular flexibility index (Phi) is 5.03. The lowest BCUT2D eigenvalue weighted by atomic mass is 10.2. The molecule has 0 saturated carbocycles. The van der Waals surface area contributed by atoms with Gasteiger partial charge in [0.15, 0.2) is 0 Å². The van der Waals surface area contributed by atoms with E-state index in [0.29, 0.717) is 17.9 Å². The third-order valence-corrected chi connectivity index (χ3v) is 3.69. The molecule has 1 saturated heterocycles. The van der Waals surface area contributed by atoms with Crippen LogP contribution in [0.1, 0.15) is 26.7 Å². The summed E-state index contributed by atoms with van der Waals surface area (Å²) in [4.78, 5) is 12.5. The average molecular weight is 284 g/mol. The van der Waals surface area contributed by atoms with Crippen molar-refractivity contribution in [1.29, 1.82) is 0 Å². The molecule has 0 spiro atoms. The van der Waals surface area contributed by atoms with Gasteiger partial charge in [0.05, 0.1) is 6.10 Å². The second kappa shape index (κ2) is 6.76.